The average molecular weight is 259 g/mol. The van der Waals surface area contributed by atoms with Gasteiger partial charge in [0.25, 0.3) is 0 Å². The van der Waals surface area contributed by atoms with Crippen molar-refractivity contribution in [3.8, 4) is 5.75 Å². The second kappa shape index (κ2) is 5.85. The highest BCUT2D eigenvalue weighted by molar-refractivity contribution is 5.31. The SMILES string of the molecule is Cc1ccc(F)cc1COc1cccc(C(C)N)c1. The van der Waals surface area contributed by atoms with Crippen LogP contribution in [0.15, 0.2) is 42.5 Å². The Hall–Kier alpha value is -1.87. The van der Waals surface area contributed by atoms with Gasteiger partial charge in [-0.15, -0.1) is 0 Å². The van der Waals surface area contributed by atoms with E-state index in [4.69, 9.17) is 10.5 Å². The predicted molar refractivity (Wildman–Crippen MR) is 74.5 cm³/mol. The highest BCUT2D eigenvalue weighted by Gasteiger charge is 2.04. The molecule has 1 unspecified atom stereocenters. The zero-order chi connectivity index (χ0) is 13.8. The molecule has 2 nitrogen and oxygen atoms in total. The lowest BCUT2D eigenvalue weighted by Crippen LogP contribution is -2.05. The van der Waals surface area contributed by atoms with Crippen molar-refractivity contribution in [3.63, 3.8) is 0 Å². The Kier molecular flexibility index (Phi) is 4.17. The van der Waals surface area contributed by atoms with Crippen LogP contribution in [0.3, 0.4) is 0 Å². The summed E-state index contributed by atoms with van der Waals surface area (Å²) >= 11 is 0. The van der Waals surface area contributed by atoms with E-state index in [0.29, 0.717) is 6.61 Å². The second-order valence-electron chi connectivity index (χ2n) is 4.72. The summed E-state index contributed by atoms with van der Waals surface area (Å²) in [5, 5.41) is 0. The van der Waals surface area contributed by atoms with Crippen LogP contribution in [0, 0.1) is 12.7 Å². The van der Waals surface area contributed by atoms with Crippen LogP contribution in [0.5, 0.6) is 5.75 Å². The van der Waals surface area contributed by atoms with E-state index >= 15 is 0 Å². The molecule has 3 heteroatoms. The maximum atomic E-state index is 13.2. The number of hydrogen-bond donors (Lipinski definition) is 1. The van der Waals surface area contributed by atoms with E-state index in [-0.39, 0.29) is 11.9 Å². The van der Waals surface area contributed by atoms with Gasteiger partial charge in [-0.25, -0.2) is 4.39 Å². The third-order valence-electron chi connectivity index (χ3n) is 3.09. The number of rotatable bonds is 4. The van der Waals surface area contributed by atoms with E-state index in [9.17, 15) is 4.39 Å². The van der Waals surface area contributed by atoms with Gasteiger partial charge in [-0.05, 0) is 54.8 Å². The summed E-state index contributed by atoms with van der Waals surface area (Å²) in [6.07, 6.45) is 0. The van der Waals surface area contributed by atoms with Crippen LogP contribution >= 0.6 is 0 Å². The van der Waals surface area contributed by atoms with Crippen LogP contribution in [0.1, 0.15) is 29.7 Å². The van der Waals surface area contributed by atoms with Crippen molar-refractivity contribution < 1.29 is 9.13 Å². The Labute approximate surface area is 113 Å². The summed E-state index contributed by atoms with van der Waals surface area (Å²) in [5.41, 5.74) is 8.72. The van der Waals surface area contributed by atoms with Crippen LogP contribution in [0.4, 0.5) is 4.39 Å². The molecule has 0 fully saturated rings. The Bertz CT molecular complexity index is 566. The zero-order valence-electron chi connectivity index (χ0n) is 11.2. The van der Waals surface area contributed by atoms with Crippen molar-refractivity contribution in [2.75, 3.05) is 0 Å². The molecule has 0 aromatic heterocycles. The standard InChI is InChI=1S/C16H18FNO/c1-11-6-7-15(17)8-14(11)10-19-16-5-3-4-13(9-16)12(2)18/h3-9,12H,10,18H2,1-2H3. The van der Waals surface area contributed by atoms with Gasteiger partial charge in [0.2, 0.25) is 0 Å². The molecule has 1 atom stereocenters. The number of benzene rings is 2. The fourth-order valence-electron chi connectivity index (χ4n) is 1.84. The normalized spacial score (nSPS) is 12.2. The quantitative estimate of drug-likeness (QED) is 0.908. The molecule has 2 N–H and O–H groups in total. The lowest BCUT2D eigenvalue weighted by Gasteiger charge is -2.11. The Morgan fingerprint density at radius 3 is 2.74 bits per heavy atom. The molecule has 0 heterocycles. The molecule has 0 aliphatic heterocycles. The molecule has 0 spiro atoms. The zero-order valence-corrected chi connectivity index (χ0v) is 11.2. The van der Waals surface area contributed by atoms with Gasteiger partial charge < -0.3 is 10.5 Å². The summed E-state index contributed by atoms with van der Waals surface area (Å²) in [5.74, 6) is 0.506. The largest absolute Gasteiger partial charge is 0.489 e. The van der Waals surface area contributed by atoms with E-state index in [2.05, 4.69) is 0 Å². The molecular formula is C16H18FNO. The minimum atomic E-state index is -0.242. The van der Waals surface area contributed by atoms with E-state index in [1.165, 1.54) is 12.1 Å². The molecule has 0 bridgehead atoms. The van der Waals surface area contributed by atoms with Gasteiger partial charge in [0.15, 0.2) is 0 Å². The predicted octanol–water partition coefficient (Wildman–Crippen LogP) is 3.73. The van der Waals surface area contributed by atoms with Crippen molar-refractivity contribution in [1.82, 2.24) is 0 Å². The van der Waals surface area contributed by atoms with E-state index in [1.54, 1.807) is 6.07 Å². The molecule has 0 saturated carbocycles. The number of hydrogen-bond acceptors (Lipinski definition) is 2. The first-order valence-corrected chi connectivity index (χ1v) is 6.29. The molecule has 2 aromatic carbocycles. The van der Waals surface area contributed by atoms with Crippen molar-refractivity contribution in [3.05, 3.63) is 65.0 Å². The topological polar surface area (TPSA) is 35.2 Å². The molecule has 0 aliphatic rings. The molecule has 0 aliphatic carbocycles. The van der Waals surface area contributed by atoms with Gasteiger partial charge in [-0.1, -0.05) is 18.2 Å². The lowest BCUT2D eigenvalue weighted by molar-refractivity contribution is 0.304. The highest BCUT2D eigenvalue weighted by Crippen LogP contribution is 2.19. The lowest BCUT2D eigenvalue weighted by atomic mass is 10.1. The van der Waals surface area contributed by atoms with Gasteiger partial charge >= 0.3 is 0 Å². The summed E-state index contributed by atoms with van der Waals surface area (Å²) < 4.78 is 18.9. The van der Waals surface area contributed by atoms with Crippen molar-refractivity contribution in [2.24, 2.45) is 5.73 Å². The van der Waals surface area contributed by atoms with Crippen LogP contribution in [0.2, 0.25) is 0 Å². The molecule has 2 rings (SSSR count). The average Bonchev–Trinajstić information content (AvgIpc) is 2.40. The minimum absolute atomic E-state index is 0.0283. The molecule has 2 aromatic rings. The minimum Gasteiger partial charge on any atom is -0.489 e. The van der Waals surface area contributed by atoms with Crippen LogP contribution in [0.25, 0.3) is 0 Å². The monoisotopic (exact) mass is 259 g/mol. The van der Waals surface area contributed by atoms with Crippen molar-refractivity contribution in [1.29, 1.82) is 0 Å². The first kappa shape index (κ1) is 13.6. The molecule has 0 amide bonds. The smallest absolute Gasteiger partial charge is 0.123 e. The van der Waals surface area contributed by atoms with Crippen LogP contribution < -0.4 is 10.5 Å². The summed E-state index contributed by atoms with van der Waals surface area (Å²) in [6, 6.07) is 12.4. The van der Waals surface area contributed by atoms with Crippen molar-refractivity contribution >= 4 is 0 Å². The molecule has 0 radical (unpaired) electrons. The van der Waals surface area contributed by atoms with E-state index < -0.39 is 0 Å². The Morgan fingerprint density at radius 1 is 1.21 bits per heavy atom. The van der Waals surface area contributed by atoms with Gasteiger partial charge in [0.05, 0.1) is 0 Å². The molecule has 19 heavy (non-hydrogen) atoms. The second-order valence-corrected chi connectivity index (χ2v) is 4.72. The summed E-state index contributed by atoms with van der Waals surface area (Å²) in [7, 11) is 0. The van der Waals surface area contributed by atoms with Gasteiger partial charge in [-0.2, -0.15) is 0 Å². The Balaban J connectivity index is 2.10. The number of halogens is 1. The third kappa shape index (κ3) is 3.55. The molecule has 100 valence electrons. The molecular weight excluding hydrogens is 241 g/mol. The summed E-state index contributed by atoms with van der Waals surface area (Å²) in [6.45, 7) is 4.22. The van der Waals surface area contributed by atoms with Crippen molar-refractivity contribution in [2.45, 2.75) is 26.5 Å². The first-order valence-electron chi connectivity index (χ1n) is 6.29. The first-order chi connectivity index (χ1) is 9.06. The van der Waals surface area contributed by atoms with E-state index in [0.717, 1.165) is 22.4 Å². The van der Waals surface area contributed by atoms with Gasteiger partial charge in [-0.3, -0.25) is 0 Å². The highest BCUT2D eigenvalue weighted by atomic mass is 19.1. The fraction of sp³-hybridized carbons (Fsp3) is 0.250. The summed E-state index contributed by atoms with van der Waals surface area (Å²) in [4.78, 5) is 0. The van der Waals surface area contributed by atoms with Crippen LogP contribution in [-0.4, -0.2) is 0 Å². The van der Waals surface area contributed by atoms with Gasteiger partial charge in [0, 0.05) is 6.04 Å². The fourth-order valence-corrected chi connectivity index (χ4v) is 1.84. The third-order valence-corrected chi connectivity index (χ3v) is 3.09. The maximum Gasteiger partial charge on any atom is 0.123 e. The van der Waals surface area contributed by atoms with E-state index in [1.807, 2.05) is 38.1 Å². The van der Waals surface area contributed by atoms with Crippen LogP contribution in [-0.2, 0) is 6.61 Å². The molecule has 0 saturated heterocycles. The number of aryl methyl sites for hydroxylation is 1. The maximum absolute atomic E-state index is 13.2. The number of nitrogens with two attached hydrogens (primary N) is 1. The van der Waals surface area contributed by atoms with Gasteiger partial charge in [0.1, 0.15) is 18.2 Å². The number of ether oxygens (including phenoxy) is 1. The Morgan fingerprint density at radius 2 is 2.00 bits per heavy atom.